The average molecular weight is 247 g/mol. The first kappa shape index (κ1) is 12.3. The van der Waals surface area contributed by atoms with Gasteiger partial charge in [0.15, 0.2) is 5.78 Å². The topological polar surface area (TPSA) is 74.7 Å². The van der Waals surface area contributed by atoms with Crippen LogP contribution in [-0.2, 0) is 14.4 Å². The summed E-state index contributed by atoms with van der Waals surface area (Å²) in [7, 11) is 0. The summed E-state index contributed by atoms with van der Waals surface area (Å²) >= 11 is 0. The van der Waals surface area contributed by atoms with Gasteiger partial charge in [0.05, 0.1) is 25.4 Å². The van der Waals surface area contributed by atoms with Crippen molar-refractivity contribution in [1.29, 1.82) is 0 Å². The van der Waals surface area contributed by atoms with E-state index in [-0.39, 0.29) is 31.1 Å². The fraction of sp³-hybridized carbons (Fsp3) is 0.308. The van der Waals surface area contributed by atoms with Crippen molar-refractivity contribution in [2.45, 2.75) is 18.9 Å². The van der Waals surface area contributed by atoms with Crippen LogP contribution in [-0.4, -0.2) is 34.2 Å². The van der Waals surface area contributed by atoms with E-state index < -0.39 is 12.0 Å². The van der Waals surface area contributed by atoms with E-state index in [9.17, 15) is 14.4 Å². The fourth-order valence-electron chi connectivity index (χ4n) is 2.14. The molecule has 0 aliphatic carbocycles. The van der Waals surface area contributed by atoms with E-state index in [0.717, 1.165) is 5.56 Å². The number of hydrogen-bond donors (Lipinski definition) is 1. The maximum absolute atomic E-state index is 11.7. The molecule has 2 rings (SSSR count). The van der Waals surface area contributed by atoms with Crippen molar-refractivity contribution in [3.63, 3.8) is 0 Å². The number of carbonyl (C=O) groups excluding carboxylic acids is 2. The molecule has 0 spiro atoms. The third-order valence-electron chi connectivity index (χ3n) is 2.94. The number of likely N-dealkylation sites (tertiary alicyclic amines) is 1. The van der Waals surface area contributed by atoms with Crippen LogP contribution in [0.2, 0.25) is 0 Å². The maximum atomic E-state index is 11.7. The van der Waals surface area contributed by atoms with Crippen LogP contribution in [0.25, 0.3) is 0 Å². The average Bonchev–Trinajstić information content (AvgIpc) is 2.66. The zero-order valence-electron chi connectivity index (χ0n) is 9.70. The highest BCUT2D eigenvalue weighted by molar-refractivity contribution is 6.05. The van der Waals surface area contributed by atoms with Gasteiger partial charge in [-0.15, -0.1) is 0 Å². The van der Waals surface area contributed by atoms with E-state index in [2.05, 4.69) is 0 Å². The molecule has 5 nitrogen and oxygen atoms in total. The molecule has 1 saturated heterocycles. The Morgan fingerprint density at radius 3 is 2.44 bits per heavy atom. The number of Topliss-reactive ketones (excluding diaryl/α,β-unsaturated/α-hetero) is 1. The Labute approximate surface area is 104 Å². The SMILES string of the molecule is O=C(O)CC(c1ccccc1)N1CC(=O)CC1=O. The lowest BCUT2D eigenvalue weighted by molar-refractivity contribution is -0.140. The molecule has 1 aromatic carbocycles. The number of carboxylic acids is 1. The van der Waals surface area contributed by atoms with Crippen molar-refractivity contribution in [2.75, 3.05) is 6.54 Å². The molecule has 1 aliphatic heterocycles. The second-order valence-corrected chi connectivity index (χ2v) is 4.26. The first-order chi connectivity index (χ1) is 8.58. The molecule has 0 saturated carbocycles. The van der Waals surface area contributed by atoms with Gasteiger partial charge in [-0.25, -0.2) is 0 Å². The standard InChI is InChI=1S/C13H13NO4/c15-10-6-12(16)14(8-10)11(7-13(17)18)9-4-2-1-3-5-9/h1-5,11H,6-8H2,(H,17,18). The van der Waals surface area contributed by atoms with E-state index >= 15 is 0 Å². The van der Waals surface area contributed by atoms with Crippen molar-refractivity contribution in [2.24, 2.45) is 0 Å². The molecule has 1 unspecified atom stereocenters. The third kappa shape index (κ3) is 2.56. The predicted molar refractivity (Wildman–Crippen MR) is 62.8 cm³/mol. The van der Waals surface area contributed by atoms with Crippen molar-refractivity contribution >= 4 is 17.7 Å². The number of amides is 1. The molecule has 0 aromatic heterocycles. The summed E-state index contributed by atoms with van der Waals surface area (Å²) in [4.78, 5) is 35.2. The van der Waals surface area contributed by atoms with Gasteiger partial charge < -0.3 is 10.0 Å². The van der Waals surface area contributed by atoms with Crippen LogP contribution >= 0.6 is 0 Å². The number of aliphatic carboxylic acids is 1. The second kappa shape index (κ2) is 5.00. The molecule has 1 atom stereocenters. The smallest absolute Gasteiger partial charge is 0.305 e. The zero-order valence-corrected chi connectivity index (χ0v) is 9.70. The Morgan fingerprint density at radius 1 is 1.28 bits per heavy atom. The highest BCUT2D eigenvalue weighted by Crippen LogP contribution is 2.27. The molecule has 1 heterocycles. The van der Waals surface area contributed by atoms with Crippen LogP contribution < -0.4 is 0 Å². The lowest BCUT2D eigenvalue weighted by Crippen LogP contribution is -2.32. The number of benzene rings is 1. The van der Waals surface area contributed by atoms with Gasteiger partial charge in [0.2, 0.25) is 5.91 Å². The lowest BCUT2D eigenvalue weighted by Gasteiger charge is -2.26. The van der Waals surface area contributed by atoms with Crippen molar-refractivity contribution < 1.29 is 19.5 Å². The quantitative estimate of drug-likeness (QED) is 0.805. The van der Waals surface area contributed by atoms with Crippen molar-refractivity contribution in [3.8, 4) is 0 Å². The van der Waals surface area contributed by atoms with E-state index in [1.165, 1.54) is 4.90 Å². The summed E-state index contributed by atoms with van der Waals surface area (Å²) in [5.41, 5.74) is 0.739. The van der Waals surface area contributed by atoms with E-state index in [1.807, 2.05) is 6.07 Å². The highest BCUT2D eigenvalue weighted by Gasteiger charge is 2.34. The van der Waals surface area contributed by atoms with Crippen molar-refractivity contribution in [1.82, 2.24) is 4.90 Å². The minimum atomic E-state index is -0.990. The minimum Gasteiger partial charge on any atom is -0.481 e. The number of hydrogen-bond acceptors (Lipinski definition) is 3. The largest absolute Gasteiger partial charge is 0.481 e. The second-order valence-electron chi connectivity index (χ2n) is 4.26. The highest BCUT2D eigenvalue weighted by atomic mass is 16.4. The van der Waals surface area contributed by atoms with Crippen LogP contribution in [0.1, 0.15) is 24.4 Å². The minimum absolute atomic E-state index is 0.00563. The summed E-state index contributed by atoms with van der Waals surface area (Å²) in [6.45, 7) is 0.00563. The Bertz CT molecular complexity index is 483. The van der Waals surface area contributed by atoms with Gasteiger partial charge in [-0.3, -0.25) is 14.4 Å². The number of carbonyl (C=O) groups is 3. The number of carboxylic acid groups (broad SMARTS) is 1. The number of nitrogens with zero attached hydrogens (tertiary/aromatic N) is 1. The number of ketones is 1. The first-order valence-corrected chi connectivity index (χ1v) is 5.66. The maximum Gasteiger partial charge on any atom is 0.305 e. The van der Waals surface area contributed by atoms with Gasteiger partial charge in [-0.1, -0.05) is 30.3 Å². The summed E-state index contributed by atoms with van der Waals surface area (Å²) in [6.07, 6.45) is -0.314. The van der Waals surface area contributed by atoms with Gasteiger partial charge >= 0.3 is 5.97 Å². The van der Waals surface area contributed by atoms with Gasteiger partial charge in [0.1, 0.15) is 0 Å². The molecule has 5 heteroatoms. The van der Waals surface area contributed by atoms with Crippen LogP contribution in [0.5, 0.6) is 0 Å². The van der Waals surface area contributed by atoms with E-state index in [0.29, 0.717) is 0 Å². The predicted octanol–water partition coefficient (Wildman–Crippen LogP) is 1.00. The zero-order chi connectivity index (χ0) is 13.1. The van der Waals surface area contributed by atoms with Gasteiger partial charge in [-0.05, 0) is 5.56 Å². The first-order valence-electron chi connectivity index (χ1n) is 5.66. The summed E-state index contributed by atoms with van der Waals surface area (Å²) in [6, 6.07) is 8.35. The molecule has 94 valence electrons. The van der Waals surface area contributed by atoms with Gasteiger partial charge in [0, 0.05) is 0 Å². The van der Waals surface area contributed by atoms with Crippen LogP contribution in [0.3, 0.4) is 0 Å². The molecule has 0 radical (unpaired) electrons. The Hall–Kier alpha value is -2.17. The molecule has 1 N–H and O–H groups in total. The summed E-state index contributed by atoms with van der Waals surface area (Å²) in [5.74, 6) is -1.45. The summed E-state index contributed by atoms with van der Waals surface area (Å²) < 4.78 is 0. The fourth-order valence-corrected chi connectivity index (χ4v) is 2.14. The molecule has 0 bridgehead atoms. The molecule has 1 aromatic rings. The van der Waals surface area contributed by atoms with Crippen molar-refractivity contribution in [3.05, 3.63) is 35.9 Å². The van der Waals surface area contributed by atoms with E-state index in [1.54, 1.807) is 24.3 Å². The van der Waals surface area contributed by atoms with Gasteiger partial charge in [-0.2, -0.15) is 0 Å². The molecule has 1 aliphatic rings. The third-order valence-corrected chi connectivity index (χ3v) is 2.94. The molecule has 18 heavy (non-hydrogen) atoms. The molecular formula is C13H13NO4. The van der Waals surface area contributed by atoms with Crippen LogP contribution in [0, 0.1) is 0 Å². The van der Waals surface area contributed by atoms with E-state index in [4.69, 9.17) is 5.11 Å². The summed E-state index contributed by atoms with van der Waals surface area (Å²) in [5, 5.41) is 8.93. The molecular weight excluding hydrogens is 234 g/mol. The Morgan fingerprint density at radius 2 is 1.94 bits per heavy atom. The van der Waals surface area contributed by atoms with Crippen LogP contribution in [0.4, 0.5) is 0 Å². The Kier molecular flexibility index (Phi) is 3.41. The normalized spacial score (nSPS) is 17.0. The Balaban J connectivity index is 2.28. The number of rotatable bonds is 4. The molecule has 1 fully saturated rings. The molecule has 1 amide bonds. The van der Waals surface area contributed by atoms with Crippen LogP contribution in [0.15, 0.2) is 30.3 Å². The lowest BCUT2D eigenvalue weighted by atomic mass is 10.0. The monoisotopic (exact) mass is 247 g/mol. The van der Waals surface area contributed by atoms with Gasteiger partial charge in [0.25, 0.3) is 0 Å².